The van der Waals surface area contributed by atoms with Crippen molar-refractivity contribution in [3.63, 3.8) is 0 Å². The predicted octanol–water partition coefficient (Wildman–Crippen LogP) is 4.03. The molecule has 1 amide bonds. The maximum absolute atomic E-state index is 12.6. The van der Waals surface area contributed by atoms with Crippen LogP contribution in [0.2, 0.25) is 0 Å². The summed E-state index contributed by atoms with van der Waals surface area (Å²) in [5.74, 6) is -1.09. The number of carbonyl (C=O) groups excluding carboxylic acids is 1. The van der Waals surface area contributed by atoms with Gasteiger partial charge in [0, 0.05) is 0 Å². The summed E-state index contributed by atoms with van der Waals surface area (Å²) in [4.78, 5) is 12.6. The summed E-state index contributed by atoms with van der Waals surface area (Å²) in [5.41, 5.74) is 0.468. The quantitative estimate of drug-likeness (QED) is 0.729. The predicted molar refractivity (Wildman–Crippen MR) is 91.2 cm³/mol. The lowest BCUT2D eigenvalue weighted by Crippen LogP contribution is -2.20. The van der Waals surface area contributed by atoms with E-state index in [1.807, 2.05) is 6.07 Å². The first-order valence-corrected chi connectivity index (χ1v) is 7.72. The number of hydrogen-bond donors (Lipinski definition) is 1. The molecule has 9 heteroatoms. The zero-order valence-corrected chi connectivity index (χ0v) is 14.0. The number of rotatable bonds is 5. The van der Waals surface area contributed by atoms with Gasteiger partial charge in [-0.15, -0.1) is 13.2 Å². The highest BCUT2D eigenvalue weighted by Gasteiger charge is 2.32. The molecule has 0 radical (unpaired) electrons. The SMILES string of the molecule is COc1cn(-c2ccccc2)nc1C(=O)Nc1ccccc1OC(F)(F)F. The molecule has 0 spiro atoms. The molecule has 0 unspecified atom stereocenters. The molecule has 3 aromatic rings. The van der Waals surface area contributed by atoms with Crippen molar-refractivity contribution in [2.45, 2.75) is 6.36 Å². The van der Waals surface area contributed by atoms with Crippen LogP contribution in [0, 0.1) is 0 Å². The number of anilines is 1. The molecule has 0 aliphatic heterocycles. The average molecular weight is 377 g/mol. The lowest BCUT2D eigenvalue weighted by Gasteiger charge is -2.13. The summed E-state index contributed by atoms with van der Waals surface area (Å²) in [6.07, 6.45) is -3.38. The number of nitrogens with one attached hydrogen (secondary N) is 1. The second-order valence-electron chi connectivity index (χ2n) is 5.32. The Morgan fingerprint density at radius 3 is 2.37 bits per heavy atom. The number of aromatic nitrogens is 2. The van der Waals surface area contributed by atoms with E-state index in [4.69, 9.17) is 4.74 Å². The van der Waals surface area contributed by atoms with Crippen LogP contribution in [0.3, 0.4) is 0 Å². The Labute approximate surface area is 152 Å². The van der Waals surface area contributed by atoms with Gasteiger partial charge in [-0.1, -0.05) is 30.3 Å². The zero-order chi connectivity index (χ0) is 19.4. The van der Waals surface area contributed by atoms with Gasteiger partial charge in [0.1, 0.15) is 0 Å². The van der Waals surface area contributed by atoms with Gasteiger partial charge in [0.2, 0.25) is 0 Å². The second kappa shape index (κ2) is 7.40. The monoisotopic (exact) mass is 377 g/mol. The summed E-state index contributed by atoms with van der Waals surface area (Å²) in [5, 5.41) is 6.54. The Kier molecular flexibility index (Phi) is 5.02. The number of hydrogen-bond acceptors (Lipinski definition) is 4. The lowest BCUT2D eigenvalue weighted by molar-refractivity contribution is -0.274. The van der Waals surface area contributed by atoms with E-state index in [1.54, 1.807) is 24.3 Å². The molecule has 1 N–H and O–H groups in total. The van der Waals surface area contributed by atoms with Crippen molar-refractivity contribution in [1.29, 1.82) is 0 Å². The second-order valence-corrected chi connectivity index (χ2v) is 5.32. The maximum Gasteiger partial charge on any atom is 0.573 e. The molecule has 0 saturated heterocycles. The van der Waals surface area contributed by atoms with Crippen LogP contribution in [0.15, 0.2) is 60.8 Å². The topological polar surface area (TPSA) is 65.4 Å². The highest BCUT2D eigenvalue weighted by molar-refractivity contribution is 6.05. The fourth-order valence-corrected chi connectivity index (χ4v) is 2.34. The minimum Gasteiger partial charge on any atom is -0.493 e. The zero-order valence-electron chi connectivity index (χ0n) is 14.0. The van der Waals surface area contributed by atoms with Gasteiger partial charge in [-0.25, -0.2) is 4.68 Å². The van der Waals surface area contributed by atoms with E-state index in [9.17, 15) is 18.0 Å². The van der Waals surface area contributed by atoms with Crippen molar-refractivity contribution in [2.24, 2.45) is 0 Å². The average Bonchev–Trinajstić information content (AvgIpc) is 3.07. The van der Waals surface area contributed by atoms with Crippen LogP contribution in [0.1, 0.15) is 10.5 Å². The number of benzene rings is 2. The molecule has 0 atom stereocenters. The molecule has 2 aromatic carbocycles. The minimum atomic E-state index is -4.88. The summed E-state index contributed by atoms with van der Waals surface area (Å²) in [6, 6.07) is 14.2. The number of ether oxygens (including phenoxy) is 2. The first-order valence-electron chi connectivity index (χ1n) is 7.72. The fraction of sp³-hybridized carbons (Fsp3) is 0.111. The number of alkyl halides is 3. The molecule has 0 fully saturated rings. The highest BCUT2D eigenvalue weighted by Crippen LogP contribution is 2.31. The van der Waals surface area contributed by atoms with E-state index in [0.29, 0.717) is 5.69 Å². The first kappa shape index (κ1) is 18.3. The van der Waals surface area contributed by atoms with E-state index in [-0.39, 0.29) is 17.1 Å². The van der Waals surface area contributed by atoms with Crippen molar-refractivity contribution in [3.05, 3.63) is 66.5 Å². The van der Waals surface area contributed by atoms with Crippen molar-refractivity contribution in [1.82, 2.24) is 9.78 Å². The number of halogens is 3. The molecule has 0 aliphatic rings. The molecular formula is C18H14F3N3O3. The Morgan fingerprint density at radius 1 is 1.04 bits per heavy atom. The van der Waals surface area contributed by atoms with Crippen LogP contribution in [0.25, 0.3) is 5.69 Å². The molecule has 3 rings (SSSR count). The number of methoxy groups -OCH3 is 1. The van der Waals surface area contributed by atoms with Gasteiger partial charge in [-0.2, -0.15) is 5.10 Å². The van der Waals surface area contributed by atoms with Gasteiger partial charge >= 0.3 is 6.36 Å². The lowest BCUT2D eigenvalue weighted by atomic mass is 10.2. The van der Waals surface area contributed by atoms with E-state index >= 15 is 0 Å². The normalized spacial score (nSPS) is 11.1. The molecule has 27 heavy (non-hydrogen) atoms. The Morgan fingerprint density at radius 2 is 1.70 bits per heavy atom. The summed E-state index contributed by atoms with van der Waals surface area (Å²) >= 11 is 0. The van der Waals surface area contributed by atoms with Gasteiger partial charge in [-0.3, -0.25) is 4.79 Å². The van der Waals surface area contributed by atoms with Crippen LogP contribution >= 0.6 is 0 Å². The molecule has 0 saturated carbocycles. The summed E-state index contributed by atoms with van der Waals surface area (Å²) < 4.78 is 48.1. The van der Waals surface area contributed by atoms with Gasteiger partial charge in [0.25, 0.3) is 5.91 Å². The fourth-order valence-electron chi connectivity index (χ4n) is 2.34. The molecule has 140 valence electrons. The van der Waals surface area contributed by atoms with Crippen LogP contribution < -0.4 is 14.8 Å². The first-order chi connectivity index (χ1) is 12.9. The molecule has 1 heterocycles. The highest BCUT2D eigenvalue weighted by atomic mass is 19.4. The number of para-hydroxylation sites is 3. The van der Waals surface area contributed by atoms with Gasteiger partial charge < -0.3 is 14.8 Å². The van der Waals surface area contributed by atoms with Gasteiger partial charge in [-0.05, 0) is 24.3 Å². The molecule has 0 bridgehead atoms. The van der Waals surface area contributed by atoms with Crippen LogP contribution in [-0.2, 0) is 0 Å². The molecule has 1 aromatic heterocycles. The van der Waals surface area contributed by atoms with Gasteiger partial charge in [0.15, 0.2) is 17.2 Å². The smallest absolute Gasteiger partial charge is 0.493 e. The minimum absolute atomic E-state index is 0.0804. The summed E-state index contributed by atoms with van der Waals surface area (Å²) in [7, 11) is 1.36. The number of amides is 1. The largest absolute Gasteiger partial charge is 0.573 e. The number of carbonyl (C=O) groups is 1. The van der Waals surface area contributed by atoms with Gasteiger partial charge in [0.05, 0.1) is 24.7 Å². The Balaban J connectivity index is 1.88. The molecule has 0 aliphatic carbocycles. The Bertz CT molecular complexity index is 940. The van der Waals surface area contributed by atoms with Crippen molar-refractivity contribution in [3.8, 4) is 17.2 Å². The van der Waals surface area contributed by atoms with Crippen LogP contribution in [0.4, 0.5) is 18.9 Å². The van der Waals surface area contributed by atoms with Crippen molar-refractivity contribution in [2.75, 3.05) is 12.4 Å². The number of nitrogens with zero attached hydrogens (tertiary/aromatic N) is 2. The maximum atomic E-state index is 12.6. The molecular weight excluding hydrogens is 363 g/mol. The van der Waals surface area contributed by atoms with E-state index < -0.39 is 18.0 Å². The van der Waals surface area contributed by atoms with E-state index in [2.05, 4.69) is 15.2 Å². The van der Waals surface area contributed by atoms with E-state index in [1.165, 1.54) is 36.2 Å². The van der Waals surface area contributed by atoms with E-state index in [0.717, 1.165) is 6.07 Å². The standard InChI is InChI=1S/C18H14F3N3O3/c1-26-15-11-24(12-7-3-2-4-8-12)23-16(15)17(25)22-13-9-5-6-10-14(13)27-18(19,20)21/h2-11H,1H3,(H,22,25). The van der Waals surface area contributed by atoms with Crippen molar-refractivity contribution < 1.29 is 27.4 Å². The van der Waals surface area contributed by atoms with Crippen molar-refractivity contribution >= 4 is 11.6 Å². The Hall–Kier alpha value is -3.49. The molecule has 6 nitrogen and oxygen atoms in total. The van der Waals surface area contributed by atoms with Crippen LogP contribution in [-0.4, -0.2) is 29.2 Å². The third-order valence-electron chi connectivity index (χ3n) is 3.50. The van der Waals surface area contributed by atoms with Crippen LogP contribution in [0.5, 0.6) is 11.5 Å². The third-order valence-corrected chi connectivity index (χ3v) is 3.50. The summed E-state index contributed by atoms with van der Waals surface area (Å²) in [6.45, 7) is 0. The third kappa shape index (κ3) is 4.38.